The third-order valence-electron chi connectivity index (χ3n) is 2.26. The molecule has 0 aromatic carbocycles. The van der Waals surface area contributed by atoms with Gasteiger partial charge in [0, 0.05) is 0 Å². The van der Waals surface area contributed by atoms with Gasteiger partial charge in [0.25, 0.3) is 0 Å². The summed E-state index contributed by atoms with van der Waals surface area (Å²) in [5, 5.41) is 0. The van der Waals surface area contributed by atoms with Crippen LogP contribution in [0.2, 0.25) is 0 Å². The van der Waals surface area contributed by atoms with E-state index in [1.165, 1.54) is 11.1 Å². The van der Waals surface area contributed by atoms with E-state index in [9.17, 15) is 0 Å². The summed E-state index contributed by atoms with van der Waals surface area (Å²) in [6, 6.07) is 3.93. The minimum atomic E-state index is 0.748. The van der Waals surface area contributed by atoms with Crippen molar-refractivity contribution in [1.29, 1.82) is 0 Å². The van der Waals surface area contributed by atoms with Crippen LogP contribution in [-0.4, -0.2) is 0 Å². The molecule has 2 heteroatoms. The normalized spacial score (nSPS) is 10.6. The third kappa shape index (κ3) is 1.52. The van der Waals surface area contributed by atoms with Crippen molar-refractivity contribution in [2.75, 3.05) is 0 Å². The van der Waals surface area contributed by atoms with Crippen LogP contribution in [0.4, 0.5) is 0 Å². The van der Waals surface area contributed by atoms with E-state index < -0.39 is 0 Å². The van der Waals surface area contributed by atoms with Crippen LogP contribution in [0.5, 0.6) is 0 Å². The minimum absolute atomic E-state index is 0.748. The lowest BCUT2D eigenvalue weighted by atomic mass is 10.1. The largest absolute Gasteiger partial charge is 0.469 e. The first-order chi connectivity index (χ1) is 6.27. The molecule has 0 amide bonds. The third-order valence-corrected chi connectivity index (χ3v) is 2.26. The first kappa shape index (κ1) is 8.17. The van der Waals surface area contributed by atoms with Crippen LogP contribution in [0.15, 0.2) is 33.5 Å². The second-order valence-electron chi connectivity index (χ2n) is 3.23. The molecular formula is C11H12O2. The standard InChI is InChI=1S/C11H12O2/c1-8-3-5-12-10(8)7-11-9(2)4-6-13-11/h3-6H,7H2,1-2H3. The van der Waals surface area contributed by atoms with E-state index in [2.05, 4.69) is 0 Å². The number of hydrogen-bond acceptors (Lipinski definition) is 2. The van der Waals surface area contributed by atoms with Crippen molar-refractivity contribution < 1.29 is 8.83 Å². The molecule has 0 radical (unpaired) electrons. The van der Waals surface area contributed by atoms with Gasteiger partial charge in [-0.3, -0.25) is 0 Å². The molecule has 0 atom stereocenters. The molecule has 2 heterocycles. The molecule has 13 heavy (non-hydrogen) atoms. The molecule has 0 unspecified atom stereocenters. The van der Waals surface area contributed by atoms with E-state index >= 15 is 0 Å². The molecule has 2 aromatic rings. The number of aryl methyl sites for hydroxylation is 2. The second-order valence-corrected chi connectivity index (χ2v) is 3.23. The maximum Gasteiger partial charge on any atom is 0.114 e. The van der Waals surface area contributed by atoms with Gasteiger partial charge in [0.1, 0.15) is 11.5 Å². The summed E-state index contributed by atoms with van der Waals surface area (Å²) in [6.07, 6.45) is 4.17. The maximum atomic E-state index is 5.33. The van der Waals surface area contributed by atoms with Gasteiger partial charge >= 0.3 is 0 Å². The first-order valence-corrected chi connectivity index (χ1v) is 4.33. The van der Waals surface area contributed by atoms with E-state index in [0.717, 1.165) is 17.9 Å². The van der Waals surface area contributed by atoms with Gasteiger partial charge in [-0.2, -0.15) is 0 Å². The SMILES string of the molecule is Cc1ccoc1Cc1occc1C. The van der Waals surface area contributed by atoms with Gasteiger partial charge in [-0.1, -0.05) is 0 Å². The van der Waals surface area contributed by atoms with Crippen molar-refractivity contribution in [3.63, 3.8) is 0 Å². The highest BCUT2D eigenvalue weighted by molar-refractivity contribution is 5.24. The van der Waals surface area contributed by atoms with E-state index in [4.69, 9.17) is 8.83 Å². The van der Waals surface area contributed by atoms with E-state index in [0.29, 0.717) is 0 Å². The molecule has 2 aromatic heterocycles. The summed E-state index contributed by atoms with van der Waals surface area (Å²) in [5.41, 5.74) is 2.35. The number of rotatable bonds is 2. The molecular weight excluding hydrogens is 164 g/mol. The Morgan fingerprint density at radius 3 is 1.69 bits per heavy atom. The molecule has 0 aliphatic rings. The Kier molecular flexibility index (Phi) is 1.97. The Morgan fingerprint density at radius 1 is 0.923 bits per heavy atom. The quantitative estimate of drug-likeness (QED) is 0.702. The fraction of sp³-hybridized carbons (Fsp3) is 0.273. The lowest BCUT2D eigenvalue weighted by Crippen LogP contribution is -1.87. The molecule has 0 aliphatic heterocycles. The lowest BCUT2D eigenvalue weighted by molar-refractivity contribution is 0.471. The van der Waals surface area contributed by atoms with Gasteiger partial charge in [0.15, 0.2) is 0 Å². The summed E-state index contributed by atoms with van der Waals surface area (Å²) in [6.45, 7) is 4.08. The first-order valence-electron chi connectivity index (χ1n) is 4.33. The van der Waals surface area contributed by atoms with Crippen LogP contribution in [0.1, 0.15) is 22.6 Å². The predicted octanol–water partition coefficient (Wildman–Crippen LogP) is 3.08. The minimum Gasteiger partial charge on any atom is -0.469 e. The summed E-state index contributed by atoms with van der Waals surface area (Å²) < 4.78 is 10.7. The molecule has 2 nitrogen and oxygen atoms in total. The van der Waals surface area contributed by atoms with E-state index in [1.54, 1.807) is 12.5 Å². The average Bonchev–Trinajstić information content (AvgIpc) is 2.65. The Hall–Kier alpha value is -1.44. The zero-order valence-corrected chi connectivity index (χ0v) is 7.83. The van der Waals surface area contributed by atoms with Crippen LogP contribution < -0.4 is 0 Å². The van der Waals surface area contributed by atoms with Crippen molar-refractivity contribution in [1.82, 2.24) is 0 Å². The van der Waals surface area contributed by atoms with Crippen LogP contribution in [0, 0.1) is 13.8 Å². The van der Waals surface area contributed by atoms with E-state index in [1.807, 2.05) is 26.0 Å². The van der Waals surface area contributed by atoms with Gasteiger partial charge in [-0.15, -0.1) is 0 Å². The van der Waals surface area contributed by atoms with Gasteiger partial charge in [-0.05, 0) is 37.1 Å². The summed E-state index contributed by atoms with van der Waals surface area (Å²) in [5.74, 6) is 1.97. The lowest BCUT2D eigenvalue weighted by Gasteiger charge is -1.96. The molecule has 0 N–H and O–H groups in total. The van der Waals surface area contributed by atoms with Crippen LogP contribution >= 0.6 is 0 Å². The smallest absolute Gasteiger partial charge is 0.114 e. The van der Waals surface area contributed by atoms with Crippen molar-refractivity contribution in [3.05, 3.63) is 47.3 Å². The van der Waals surface area contributed by atoms with E-state index in [-0.39, 0.29) is 0 Å². The Labute approximate surface area is 77.2 Å². The second kappa shape index (κ2) is 3.13. The van der Waals surface area contributed by atoms with Crippen LogP contribution in [0.3, 0.4) is 0 Å². The topological polar surface area (TPSA) is 26.3 Å². The molecule has 2 rings (SSSR count). The van der Waals surface area contributed by atoms with Gasteiger partial charge in [0.05, 0.1) is 18.9 Å². The highest BCUT2D eigenvalue weighted by atomic mass is 16.3. The van der Waals surface area contributed by atoms with Gasteiger partial charge in [-0.25, -0.2) is 0 Å². The van der Waals surface area contributed by atoms with Crippen LogP contribution in [0.25, 0.3) is 0 Å². The zero-order valence-electron chi connectivity index (χ0n) is 7.83. The number of hydrogen-bond donors (Lipinski definition) is 0. The van der Waals surface area contributed by atoms with Gasteiger partial charge < -0.3 is 8.83 Å². The van der Waals surface area contributed by atoms with Crippen molar-refractivity contribution >= 4 is 0 Å². The molecule has 0 spiro atoms. The Morgan fingerprint density at radius 2 is 1.38 bits per heavy atom. The molecule has 0 saturated heterocycles. The molecule has 0 bridgehead atoms. The maximum absolute atomic E-state index is 5.33. The Bertz CT molecular complexity index is 357. The van der Waals surface area contributed by atoms with Crippen molar-refractivity contribution in [3.8, 4) is 0 Å². The Balaban J connectivity index is 2.24. The molecule has 0 fully saturated rings. The van der Waals surface area contributed by atoms with Crippen molar-refractivity contribution in [2.24, 2.45) is 0 Å². The van der Waals surface area contributed by atoms with Crippen molar-refractivity contribution in [2.45, 2.75) is 20.3 Å². The number of furan rings is 2. The highest BCUT2D eigenvalue weighted by Gasteiger charge is 2.07. The molecule has 68 valence electrons. The highest BCUT2D eigenvalue weighted by Crippen LogP contribution is 2.17. The summed E-state index contributed by atoms with van der Waals surface area (Å²) >= 11 is 0. The summed E-state index contributed by atoms with van der Waals surface area (Å²) in [7, 11) is 0. The molecule has 0 saturated carbocycles. The fourth-order valence-corrected chi connectivity index (χ4v) is 1.32. The zero-order chi connectivity index (χ0) is 9.26. The molecule has 0 aliphatic carbocycles. The predicted molar refractivity (Wildman–Crippen MR) is 49.7 cm³/mol. The summed E-state index contributed by atoms with van der Waals surface area (Å²) in [4.78, 5) is 0. The van der Waals surface area contributed by atoms with Crippen LogP contribution in [-0.2, 0) is 6.42 Å². The average molecular weight is 176 g/mol. The van der Waals surface area contributed by atoms with Gasteiger partial charge in [0.2, 0.25) is 0 Å². The fourth-order valence-electron chi connectivity index (χ4n) is 1.32. The monoisotopic (exact) mass is 176 g/mol.